The van der Waals surface area contributed by atoms with E-state index >= 15 is 0 Å². The second kappa shape index (κ2) is 7.89. The lowest BCUT2D eigenvalue weighted by Gasteiger charge is -2.10. The Morgan fingerprint density at radius 2 is 1.86 bits per heavy atom. The summed E-state index contributed by atoms with van der Waals surface area (Å²) >= 11 is 17.3. The predicted molar refractivity (Wildman–Crippen MR) is 96.7 cm³/mol. The van der Waals surface area contributed by atoms with Gasteiger partial charge in [0.1, 0.15) is 0 Å². The molecule has 0 spiro atoms. The van der Waals surface area contributed by atoms with Gasteiger partial charge in [-0.3, -0.25) is 0 Å². The Bertz CT molecular complexity index is 632. The fourth-order valence-corrected chi connectivity index (χ4v) is 3.62. The van der Waals surface area contributed by atoms with Crippen LogP contribution in [0.3, 0.4) is 0 Å². The molecule has 1 N–H and O–H groups in total. The summed E-state index contributed by atoms with van der Waals surface area (Å²) in [6, 6.07) is 12.6. The minimum absolute atomic E-state index is 0.481. The molecule has 0 fully saturated rings. The number of hydrogen-bond donors (Lipinski definition) is 1. The summed E-state index contributed by atoms with van der Waals surface area (Å²) in [6.07, 6.45) is 0. The highest BCUT2D eigenvalue weighted by atomic mass is 79.9. The van der Waals surface area contributed by atoms with E-state index in [2.05, 4.69) is 53.3 Å². The maximum Gasteiger partial charge on any atom is 0.0603 e. The summed E-state index contributed by atoms with van der Waals surface area (Å²) in [5, 5.41) is 4.57. The molecule has 0 aliphatic rings. The molecule has 2 aromatic rings. The van der Waals surface area contributed by atoms with Crippen molar-refractivity contribution in [2.45, 2.75) is 36.2 Å². The van der Waals surface area contributed by atoms with E-state index in [9.17, 15) is 0 Å². The fourth-order valence-electron chi connectivity index (χ4n) is 1.73. The molecule has 0 amide bonds. The summed E-state index contributed by atoms with van der Waals surface area (Å²) in [7, 11) is 0. The first-order valence-corrected chi connectivity index (χ1v) is 8.97. The van der Waals surface area contributed by atoms with Gasteiger partial charge in [-0.25, -0.2) is 0 Å². The van der Waals surface area contributed by atoms with E-state index in [1.54, 1.807) is 11.8 Å². The van der Waals surface area contributed by atoms with Crippen LogP contribution in [-0.4, -0.2) is 6.04 Å². The highest BCUT2D eigenvalue weighted by Crippen LogP contribution is 2.36. The van der Waals surface area contributed by atoms with Gasteiger partial charge in [-0.2, -0.15) is 0 Å². The monoisotopic (exact) mass is 403 g/mol. The van der Waals surface area contributed by atoms with E-state index in [4.69, 9.17) is 23.2 Å². The van der Waals surface area contributed by atoms with Crippen LogP contribution in [0.25, 0.3) is 0 Å². The van der Waals surface area contributed by atoms with Gasteiger partial charge in [-0.15, -0.1) is 0 Å². The standard InChI is InChI=1S/C16H16BrCl2NS/c1-10(2)20-9-11-3-6-16(13(17)7-11)21-12-4-5-14(18)15(19)8-12/h3-8,10,20H,9H2,1-2H3. The molecule has 2 aromatic carbocycles. The topological polar surface area (TPSA) is 12.0 Å². The van der Waals surface area contributed by atoms with E-state index in [-0.39, 0.29) is 0 Å². The maximum atomic E-state index is 6.05. The molecule has 5 heteroatoms. The van der Waals surface area contributed by atoms with Crippen LogP contribution in [-0.2, 0) is 6.54 Å². The quantitative estimate of drug-likeness (QED) is 0.618. The highest BCUT2D eigenvalue weighted by molar-refractivity contribution is 9.10. The molecule has 0 saturated heterocycles. The van der Waals surface area contributed by atoms with E-state index in [0.717, 1.165) is 20.8 Å². The molecule has 0 aliphatic heterocycles. The first-order chi connectivity index (χ1) is 9.95. The van der Waals surface area contributed by atoms with Crippen LogP contribution in [0, 0.1) is 0 Å². The predicted octanol–water partition coefficient (Wildman–Crippen LogP) is 6.41. The zero-order valence-electron chi connectivity index (χ0n) is 11.8. The van der Waals surface area contributed by atoms with E-state index < -0.39 is 0 Å². The van der Waals surface area contributed by atoms with Crippen molar-refractivity contribution in [2.75, 3.05) is 0 Å². The van der Waals surface area contributed by atoms with E-state index in [0.29, 0.717) is 16.1 Å². The third-order valence-electron chi connectivity index (χ3n) is 2.83. The molecule has 0 heterocycles. The Labute approximate surface area is 148 Å². The second-order valence-corrected chi connectivity index (χ2v) is 7.76. The summed E-state index contributed by atoms with van der Waals surface area (Å²) in [5.41, 5.74) is 1.26. The molecule has 0 aliphatic carbocycles. The Kier molecular flexibility index (Phi) is 6.45. The summed E-state index contributed by atoms with van der Waals surface area (Å²) in [5.74, 6) is 0. The smallest absolute Gasteiger partial charge is 0.0603 e. The zero-order chi connectivity index (χ0) is 15.4. The van der Waals surface area contributed by atoms with Crippen LogP contribution in [0.4, 0.5) is 0 Å². The van der Waals surface area contributed by atoms with Crippen molar-refractivity contribution in [3.63, 3.8) is 0 Å². The molecule has 0 atom stereocenters. The Balaban J connectivity index is 2.11. The van der Waals surface area contributed by atoms with Gasteiger partial charge in [0.25, 0.3) is 0 Å². The SMILES string of the molecule is CC(C)NCc1ccc(Sc2ccc(Cl)c(Cl)c2)c(Br)c1. The number of hydrogen-bond acceptors (Lipinski definition) is 2. The van der Waals surface area contributed by atoms with Crippen molar-refractivity contribution in [3.8, 4) is 0 Å². The molecular formula is C16H16BrCl2NS. The van der Waals surface area contributed by atoms with Crippen LogP contribution in [0.1, 0.15) is 19.4 Å². The zero-order valence-corrected chi connectivity index (χ0v) is 15.7. The second-order valence-electron chi connectivity index (χ2n) is 4.98. The lowest BCUT2D eigenvalue weighted by molar-refractivity contribution is 0.588. The Hall–Kier alpha value is -0.190. The molecule has 0 bridgehead atoms. The minimum atomic E-state index is 0.481. The molecule has 112 valence electrons. The van der Waals surface area contributed by atoms with Crippen LogP contribution >= 0.6 is 50.9 Å². The third-order valence-corrected chi connectivity index (χ3v) is 5.55. The number of benzene rings is 2. The van der Waals surface area contributed by atoms with Gasteiger partial charge in [-0.05, 0) is 51.8 Å². The molecule has 0 aromatic heterocycles. The first kappa shape index (κ1) is 17.2. The Morgan fingerprint density at radius 1 is 1.10 bits per heavy atom. The van der Waals surface area contributed by atoms with Gasteiger partial charge >= 0.3 is 0 Å². The molecular weight excluding hydrogens is 389 g/mol. The highest BCUT2D eigenvalue weighted by Gasteiger charge is 2.06. The van der Waals surface area contributed by atoms with Gasteiger partial charge in [0.15, 0.2) is 0 Å². The van der Waals surface area contributed by atoms with Crippen LogP contribution < -0.4 is 5.32 Å². The van der Waals surface area contributed by atoms with Crippen LogP contribution in [0.15, 0.2) is 50.7 Å². The molecule has 1 nitrogen and oxygen atoms in total. The lowest BCUT2D eigenvalue weighted by atomic mass is 10.2. The van der Waals surface area contributed by atoms with Gasteiger partial charge in [0, 0.05) is 26.9 Å². The van der Waals surface area contributed by atoms with Crippen molar-refractivity contribution < 1.29 is 0 Å². The van der Waals surface area contributed by atoms with Crippen molar-refractivity contribution in [1.82, 2.24) is 5.32 Å². The van der Waals surface area contributed by atoms with Gasteiger partial charge < -0.3 is 5.32 Å². The summed E-state index contributed by atoms with van der Waals surface area (Å²) < 4.78 is 1.08. The third kappa shape index (κ3) is 5.19. The maximum absolute atomic E-state index is 6.05. The van der Waals surface area contributed by atoms with Gasteiger partial charge in [-0.1, -0.05) is 54.9 Å². The molecule has 21 heavy (non-hydrogen) atoms. The van der Waals surface area contributed by atoms with Crippen molar-refractivity contribution in [2.24, 2.45) is 0 Å². The van der Waals surface area contributed by atoms with Gasteiger partial charge in [0.2, 0.25) is 0 Å². The number of nitrogens with one attached hydrogen (secondary N) is 1. The van der Waals surface area contributed by atoms with E-state index in [1.165, 1.54) is 5.56 Å². The molecule has 0 saturated carbocycles. The van der Waals surface area contributed by atoms with E-state index in [1.807, 2.05) is 18.2 Å². The average Bonchev–Trinajstić information content (AvgIpc) is 2.43. The number of halogens is 3. The lowest BCUT2D eigenvalue weighted by Crippen LogP contribution is -2.21. The fraction of sp³-hybridized carbons (Fsp3) is 0.250. The van der Waals surface area contributed by atoms with Crippen LogP contribution in [0.2, 0.25) is 10.0 Å². The number of rotatable bonds is 5. The Morgan fingerprint density at radius 3 is 2.48 bits per heavy atom. The van der Waals surface area contributed by atoms with Crippen LogP contribution in [0.5, 0.6) is 0 Å². The van der Waals surface area contributed by atoms with Gasteiger partial charge in [0.05, 0.1) is 10.0 Å². The molecule has 2 rings (SSSR count). The van der Waals surface area contributed by atoms with Crippen molar-refractivity contribution in [3.05, 3.63) is 56.5 Å². The summed E-state index contributed by atoms with van der Waals surface area (Å²) in [6.45, 7) is 5.15. The largest absolute Gasteiger partial charge is 0.310 e. The normalized spacial score (nSPS) is 11.1. The average molecular weight is 405 g/mol. The minimum Gasteiger partial charge on any atom is -0.310 e. The van der Waals surface area contributed by atoms with Crippen molar-refractivity contribution in [1.29, 1.82) is 0 Å². The summed E-state index contributed by atoms with van der Waals surface area (Å²) in [4.78, 5) is 2.22. The van der Waals surface area contributed by atoms with Crippen molar-refractivity contribution >= 4 is 50.9 Å². The first-order valence-electron chi connectivity index (χ1n) is 6.60. The molecule has 0 unspecified atom stereocenters. The molecule has 0 radical (unpaired) electrons.